The van der Waals surface area contributed by atoms with E-state index in [0.717, 1.165) is 0 Å². The third-order valence-corrected chi connectivity index (χ3v) is 5.47. The van der Waals surface area contributed by atoms with Crippen molar-refractivity contribution in [3.05, 3.63) is 70.8 Å². The van der Waals surface area contributed by atoms with Crippen LogP contribution in [0.3, 0.4) is 0 Å². The van der Waals surface area contributed by atoms with Crippen LogP contribution in [0.15, 0.2) is 48.5 Å². The first-order valence-electron chi connectivity index (χ1n) is 10.2. The molecule has 0 bridgehead atoms. The Morgan fingerprint density at radius 2 is 1.24 bits per heavy atom. The van der Waals surface area contributed by atoms with E-state index in [0.29, 0.717) is 61.3 Å². The molecule has 0 N–H and O–H groups in total. The van der Waals surface area contributed by atoms with Crippen LogP contribution >= 0.6 is 0 Å². The summed E-state index contributed by atoms with van der Waals surface area (Å²) in [5.41, 5.74) is 3.29. The summed E-state index contributed by atoms with van der Waals surface area (Å²) in [4.78, 5) is 30.2. The lowest BCUT2D eigenvalue weighted by Gasteiger charge is -2.15. The maximum Gasteiger partial charge on any atom is 0.344 e. The molecule has 1 heterocycles. The zero-order chi connectivity index (χ0) is 23.7. The number of aromatic nitrogens is 1. The van der Waals surface area contributed by atoms with E-state index in [1.807, 2.05) is 0 Å². The molecule has 0 saturated heterocycles. The van der Waals surface area contributed by atoms with Gasteiger partial charge < -0.3 is 18.9 Å². The number of nitrogens with zero attached hydrogens (tertiary/aromatic N) is 1. The maximum atomic E-state index is 13.6. The summed E-state index contributed by atoms with van der Waals surface area (Å²) in [5, 5.41) is 1.20. The normalized spacial score (nSPS) is 10.8. The molecule has 0 saturated carbocycles. The second-order valence-corrected chi connectivity index (χ2v) is 7.57. The molecule has 0 aliphatic heterocycles. The number of hydrogen-bond acceptors (Lipinski definition) is 7. The number of hydrogen-bond donors (Lipinski definition) is 0. The molecule has 33 heavy (non-hydrogen) atoms. The molecule has 0 unspecified atom stereocenters. The summed E-state index contributed by atoms with van der Waals surface area (Å²) in [6, 6.07) is 14.0. The van der Waals surface area contributed by atoms with Crippen LogP contribution in [0.25, 0.3) is 21.8 Å². The van der Waals surface area contributed by atoms with E-state index in [9.17, 15) is 9.59 Å². The van der Waals surface area contributed by atoms with E-state index in [2.05, 4.69) is 4.98 Å². The predicted molar refractivity (Wildman–Crippen MR) is 125 cm³/mol. The topological polar surface area (TPSA) is 84.0 Å². The average molecular weight is 445 g/mol. The van der Waals surface area contributed by atoms with Crippen LogP contribution in [0.4, 0.5) is 0 Å². The van der Waals surface area contributed by atoms with Gasteiger partial charge in [-0.05, 0) is 73.5 Å². The van der Waals surface area contributed by atoms with Crippen molar-refractivity contribution in [2.24, 2.45) is 0 Å². The van der Waals surface area contributed by atoms with E-state index in [1.165, 1.54) is 7.11 Å². The highest BCUT2D eigenvalue weighted by Gasteiger charge is 2.22. The molecule has 1 aromatic heterocycles. The van der Waals surface area contributed by atoms with Crippen LogP contribution in [0.2, 0.25) is 0 Å². The standard InChI is InChI=1S/C26H23NO6/c1-14-10-16(25(28)32-5)11-15(2)24(14)33-26(29)23-19-12-17(30-3)6-8-21(19)27-22-9-7-18(31-4)13-20(22)23/h6-13H,1-5H3. The molecule has 0 amide bonds. The van der Waals surface area contributed by atoms with Crippen molar-refractivity contribution >= 4 is 33.7 Å². The summed E-state index contributed by atoms with van der Waals surface area (Å²) in [6.45, 7) is 3.55. The number of carbonyl (C=O) groups excluding carboxylic acids is 2. The van der Waals surface area contributed by atoms with E-state index in [-0.39, 0.29) is 0 Å². The highest BCUT2D eigenvalue weighted by molar-refractivity contribution is 6.15. The minimum atomic E-state index is -0.550. The van der Waals surface area contributed by atoms with Crippen LogP contribution in [0.1, 0.15) is 31.8 Å². The fraction of sp³-hybridized carbons (Fsp3) is 0.192. The number of carbonyl (C=O) groups is 2. The minimum Gasteiger partial charge on any atom is -0.497 e. The van der Waals surface area contributed by atoms with Crippen LogP contribution in [-0.2, 0) is 4.74 Å². The summed E-state index contributed by atoms with van der Waals surface area (Å²) in [7, 11) is 4.45. The number of methoxy groups -OCH3 is 3. The molecular formula is C26H23NO6. The number of esters is 2. The van der Waals surface area contributed by atoms with Gasteiger partial charge in [-0.3, -0.25) is 0 Å². The second-order valence-electron chi connectivity index (χ2n) is 7.57. The zero-order valence-electron chi connectivity index (χ0n) is 19.0. The number of ether oxygens (including phenoxy) is 4. The summed E-state index contributed by atoms with van der Waals surface area (Å²) >= 11 is 0. The molecular weight excluding hydrogens is 422 g/mol. The van der Waals surface area contributed by atoms with Crippen LogP contribution in [0.5, 0.6) is 17.2 Å². The molecule has 0 atom stereocenters. The van der Waals surface area contributed by atoms with Gasteiger partial charge in [0, 0.05) is 10.8 Å². The summed E-state index contributed by atoms with van der Waals surface area (Å²) in [5.74, 6) is 0.567. The molecule has 0 fully saturated rings. The number of benzene rings is 3. The Hall–Kier alpha value is -4.13. The van der Waals surface area contributed by atoms with Crippen LogP contribution in [0, 0.1) is 13.8 Å². The van der Waals surface area contributed by atoms with Crippen LogP contribution in [-0.4, -0.2) is 38.3 Å². The quantitative estimate of drug-likeness (QED) is 0.242. The summed E-state index contributed by atoms with van der Waals surface area (Å²) in [6.07, 6.45) is 0. The van der Waals surface area contributed by atoms with Crippen molar-refractivity contribution in [1.29, 1.82) is 0 Å². The Bertz CT molecular complexity index is 1320. The van der Waals surface area contributed by atoms with Gasteiger partial charge in [-0.25, -0.2) is 14.6 Å². The Balaban J connectivity index is 1.90. The molecule has 0 radical (unpaired) electrons. The van der Waals surface area contributed by atoms with Gasteiger partial charge in [0.15, 0.2) is 0 Å². The lowest BCUT2D eigenvalue weighted by atomic mass is 10.0. The molecule has 0 spiro atoms. The Labute approximate surface area is 190 Å². The first-order chi connectivity index (χ1) is 15.9. The lowest BCUT2D eigenvalue weighted by molar-refractivity contribution is 0.0600. The fourth-order valence-corrected chi connectivity index (χ4v) is 3.87. The van der Waals surface area contributed by atoms with E-state index >= 15 is 0 Å². The highest BCUT2D eigenvalue weighted by Crippen LogP contribution is 2.33. The van der Waals surface area contributed by atoms with Gasteiger partial charge in [0.05, 0.1) is 43.5 Å². The molecule has 4 rings (SSSR count). The van der Waals surface area contributed by atoms with Gasteiger partial charge in [-0.15, -0.1) is 0 Å². The molecule has 0 aliphatic carbocycles. The van der Waals surface area contributed by atoms with Gasteiger partial charge in [0.25, 0.3) is 0 Å². The zero-order valence-corrected chi connectivity index (χ0v) is 19.0. The molecule has 168 valence electrons. The van der Waals surface area contributed by atoms with Crippen molar-refractivity contribution in [1.82, 2.24) is 4.98 Å². The SMILES string of the molecule is COC(=O)c1cc(C)c(OC(=O)c2c3cc(OC)ccc3nc3ccc(OC)cc23)c(C)c1. The predicted octanol–water partition coefficient (Wildman–Crippen LogP) is 5.03. The van der Waals surface area contributed by atoms with Crippen molar-refractivity contribution < 1.29 is 28.5 Å². The van der Waals surface area contributed by atoms with Crippen molar-refractivity contribution in [2.45, 2.75) is 13.8 Å². The Morgan fingerprint density at radius 1 is 0.727 bits per heavy atom. The molecule has 3 aromatic carbocycles. The fourth-order valence-electron chi connectivity index (χ4n) is 3.87. The minimum absolute atomic E-state index is 0.351. The van der Waals surface area contributed by atoms with E-state index < -0.39 is 11.9 Å². The molecule has 4 aromatic rings. The second kappa shape index (κ2) is 8.78. The van der Waals surface area contributed by atoms with E-state index in [4.69, 9.17) is 18.9 Å². The maximum absolute atomic E-state index is 13.6. The number of aryl methyl sites for hydroxylation is 2. The monoisotopic (exact) mass is 445 g/mol. The lowest BCUT2D eigenvalue weighted by Crippen LogP contribution is -2.13. The smallest absolute Gasteiger partial charge is 0.344 e. The molecule has 7 heteroatoms. The first kappa shape index (κ1) is 22.1. The highest BCUT2D eigenvalue weighted by atomic mass is 16.5. The van der Waals surface area contributed by atoms with Crippen molar-refractivity contribution in [3.8, 4) is 17.2 Å². The number of pyridine rings is 1. The van der Waals surface area contributed by atoms with Gasteiger partial charge in [0.1, 0.15) is 17.2 Å². The van der Waals surface area contributed by atoms with Gasteiger partial charge in [-0.1, -0.05) is 0 Å². The Kier molecular flexibility index (Phi) is 5.87. The summed E-state index contributed by atoms with van der Waals surface area (Å²) < 4.78 is 21.4. The third-order valence-electron chi connectivity index (χ3n) is 5.47. The van der Waals surface area contributed by atoms with Gasteiger partial charge in [0.2, 0.25) is 0 Å². The number of fused-ring (bicyclic) bond motifs is 2. The van der Waals surface area contributed by atoms with Crippen molar-refractivity contribution in [3.63, 3.8) is 0 Å². The molecule has 0 aliphatic rings. The largest absolute Gasteiger partial charge is 0.497 e. The molecule has 7 nitrogen and oxygen atoms in total. The first-order valence-corrected chi connectivity index (χ1v) is 10.2. The third kappa shape index (κ3) is 4.05. The van der Waals surface area contributed by atoms with Gasteiger partial charge in [-0.2, -0.15) is 0 Å². The van der Waals surface area contributed by atoms with Crippen LogP contribution < -0.4 is 14.2 Å². The number of rotatable bonds is 5. The average Bonchev–Trinajstić information content (AvgIpc) is 2.83. The van der Waals surface area contributed by atoms with E-state index in [1.54, 1.807) is 76.6 Å². The van der Waals surface area contributed by atoms with Crippen molar-refractivity contribution in [2.75, 3.05) is 21.3 Å². The van der Waals surface area contributed by atoms with Gasteiger partial charge >= 0.3 is 11.9 Å². The Morgan fingerprint density at radius 3 is 1.70 bits per heavy atom.